The van der Waals surface area contributed by atoms with Crippen molar-refractivity contribution < 1.29 is 19.3 Å². The molecule has 2 aromatic heterocycles. The lowest BCUT2D eigenvalue weighted by Crippen LogP contribution is -3.16. The number of ether oxygens (including phenoxy) is 1. The molecule has 1 saturated heterocycles. The van der Waals surface area contributed by atoms with Crippen molar-refractivity contribution in [2.45, 2.75) is 19.5 Å². The molecule has 0 aliphatic carbocycles. The van der Waals surface area contributed by atoms with Crippen LogP contribution in [-0.4, -0.2) is 42.2 Å². The molecule has 1 fully saturated rings. The molecule has 1 aliphatic rings. The second kappa shape index (κ2) is 8.82. The molecular formula is C22H27FN4O2+2. The van der Waals surface area contributed by atoms with Gasteiger partial charge in [-0.25, -0.2) is 9.37 Å². The van der Waals surface area contributed by atoms with Crippen molar-refractivity contribution in [2.24, 2.45) is 0 Å². The quantitative estimate of drug-likeness (QED) is 0.608. The second-order valence-electron chi connectivity index (χ2n) is 7.62. The van der Waals surface area contributed by atoms with Gasteiger partial charge < -0.3 is 15.0 Å². The van der Waals surface area contributed by atoms with Crippen LogP contribution in [-0.2, 0) is 11.3 Å². The van der Waals surface area contributed by atoms with Crippen LogP contribution in [0, 0.1) is 12.7 Å². The van der Waals surface area contributed by atoms with E-state index in [1.54, 1.807) is 16.7 Å². The molecule has 0 amide bonds. The van der Waals surface area contributed by atoms with Crippen LogP contribution in [0.25, 0.3) is 5.65 Å². The number of morpholine rings is 1. The van der Waals surface area contributed by atoms with E-state index < -0.39 is 0 Å². The summed E-state index contributed by atoms with van der Waals surface area (Å²) in [7, 11) is 0. The van der Waals surface area contributed by atoms with Gasteiger partial charge >= 0.3 is 0 Å². The fourth-order valence-electron chi connectivity index (χ4n) is 3.97. The minimum Gasteiger partial charge on any atom is -0.370 e. The Labute approximate surface area is 169 Å². The molecular weight excluding hydrogens is 371 g/mol. The first-order chi connectivity index (χ1) is 14.1. The summed E-state index contributed by atoms with van der Waals surface area (Å²) in [6, 6.07) is 12.5. The fraction of sp³-hybridized carbons (Fsp3) is 0.364. The van der Waals surface area contributed by atoms with E-state index in [4.69, 9.17) is 4.74 Å². The van der Waals surface area contributed by atoms with Crippen molar-refractivity contribution in [1.82, 2.24) is 9.38 Å². The van der Waals surface area contributed by atoms with Crippen molar-refractivity contribution >= 4 is 5.65 Å². The van der Waals surface area contributed by atoms with Gasteiger partial charge in [-0.3, -0.25) is 9.20 Å². The van der Waals surface area contributed by atoms with Gasteiger partial charge in [0.15, 0.2) is 6.04 Å². The first-order valence-corrected chi connectivity index (χ1v) is 10.1. The summed E-state index contributed by atoms with van der Waals surface area (Å²) in [5, 5.41) is 2.19. The maximum atomic E-state index is 13.4. The van der Waals surface area contributed by atoms with Crippen molar-refractivity contribution in [3.8, 4) is 0 Å². The Morgan fingerprint density at radius 1 is 1.21 bits per heavy atom. The molecule has 0 saturated carbocycles. The fourth-order valence-corrected chi connectivity index (χ4v) is 3.97. The predicted octanol–water partition coefficient (Wildman–Crippen LogP) is -0.138. The van der Waals surface area contributed by atoms with Gasteiger partial charge in [0, 0.05) is 17.8 Å². The minimum absolute atomic E-state index is 0.0627. The smallest absolute Gasteiger partial charge is 0.258 e. The molecule has 0 radical (unpaired) electrons. The number of fused-ring (bicyclic) bond motifs is 1. The number of nitrogens with zero attached hydrogens (tertiary/aromatic N) is 2. The van der Waals surface area contributed by atoms with Gasteiger partial charge in [0.2, 0.25) is 0 Å². The molecule has 7 heteroatoms. The molecule has 3 aromatic rings. The van der Waals surface area contributed by atoms with Crippen LogP contribution in [0.15, 0.2) is 53.5 Å². The summed E-state index contributed by atoms with van der Waals surface area (Å²) in [5.74, 6) is -0.218. The summed E-state index contributed by atoms with van der Waals surface area (Å²) in [6.45, 7) is 6.81. The number of aryl methyl sites for hydroxylation is 1. The molecule has 3 heterocycles. The summed E-state index contributed by atoms with van der Waals surface area (Å²) < 4.78 is 20.5. The highest BCUT2D eigenvalue weighted by atomic mass is 19.1. The third-order valence-corrected chi connectivity index (χ3v) is 5.53. The van der Waals surface area contributed by atoms with Crippen molar-refractivity contribution in [3.05, 3.63) is 81.7 Å². The Morgan fingerprint density at radius 2 is 1.97 bits per heavy atom. The summed E-state index contributed by atoms with van der Waals surface area (Å²) in [5.41, 5.74) is 3.59. The highest BCUT2D eigenvalue weighted by Gasteiger charge is 2.28. The number of rotatable bonds is 6. The maximum absolute atomic E-state index is 13.4. The molecule has 0 spiro atoms. The third kappa shape index (κ3) is 4.70. The van der Waals surface area contributed by atoms with E-state index in [0.29, 0.717) is 12.2 Å². The molecule has 1 aliphatic heterocycles. The van der Waals surface area contributed by atoms with E-state index in [9.17, 15) is 9.18 Å². The van der Waals surface area contributed by atoms with E-state index in [2.05, 4.69) is 10.3 Å². The lowest BCUT2D eigenvalue weighted by molar-refractivity contribution is -0.952. The number of pyridine rings is 1. The molecule has 152 valence electrons. The zero-order valence-electron chi connectivity index (χ0n) is 16.6. The highest BCUT2D eigenvalue weighted by Crippen LogP contribution is 2.10. The van der Waals surface area contributed by atoms with Crippen LogP contribution in [0.5, 0.6) is 0 Å². The molecule has 1 atom stereocenters. The van der Waals surface area contributed by atoms with Crippen molar-refractivity contribution in [3.63, 3.8) is 0 Å². The number of benzene rings is 1. The Morgan fingerprint density at radius 3 is 2.72 bits per heavy atom. The van der Waals surface area contributed by atoms with Gasteiger partial charge in [0.05, 0.1) is 13.2 Å². The van der Waals surface area contributed by atoms with E-state index in [1.807, 2.05) is 31.2 Å². The number of hydrogen-bond acceptors (Lipinski definition) is 3. The van der Waals surface area contributed by atoms with E-state index in [0.717, 1.165) is 49.7 Å². The number of aromatic nitrogens is 2. The first kappa shape index (κ1) is 19.7. The Hall–Kier alpha value is -2.61. The van der Waals surface area contributed by atoms with E-state index in [-0.39, 0.29) is 17.4 Å². The van der Waals surface area contributed by atoms with E-state index in [1.165, 1.54) is 17.0 Å². The van der Waals surface area contributed by atoms with Crippen LogP contribution in [0.1, 0.15) is 22.9 Å². The number of halogens is 1. The van der Waals surface area contributed by atoms with E-state index >= 15 is 0 Å². The van der Waals surface area contributed by atoms with Crippen LogP contribution >= 0.6 is 0 Å². The summed E-state index contributed by atoms with van der Waals surface area (Å²) >= 11 is 0. The van der Waals surface area contributed by atoms with Crippen LogP contribution in [0.3, 0.4) is 0 Å². The zero-order chi connectivity index (χ0) is 20.2. The Bertz CT molecular complexity index is 1030. The summed E-state index contributed by atoms with van der Waals surface area (Å²) in [4.78, 5) is 18.5. The minimum atomic E-state index is -0.218. The number of nitrogens with two attached hydrogens (primary N) is 1. The monoisotopic (exact) mass is 398 g/mol. The van der Waals surface area contributed by atoms with Gasteiger partial charge in [0.25, 0.3) is 5.56 Å². The van der Waals surface area contributed by atoms with Crippen LogP contribution < -0.4 is 15.8 Å². The van der Waals surface area contributed by atoms with Crippen LogP contribution in [0.2, 0.25) is 0 Å². The molecule has 1 aromatic carbocycles. The van der Waals surface area contributed by atoms with Gasteiger partial charge in [-0.15, -0.1) is 0 Å². The molecule has 4 rings (SSSR count). The van der Waals surface area contributed by atoms with Crippen molar-refractivity contribution in [2.75, 3.05) is 32.8 Å². The average molecular weight is 398 g/mol. The molecule has 29 heavy (non-hydrogen) atoms. The largest absolute Gasteiger partial charge is 0.370 e. The van der Waals surface area contributed by atoms with Crippen molar-refractivity contribution in [1.29, 1.82) is 0 Å². The molecule has 6 nitrogen and oxygen atoms in total. The SMILES string of the molecule is Cc1ccn2c(=O)cc(C[NH2+]C[C@H](c3ccc(F)cc3)[NH+]3CCOCC3)nc2c1. The topological polar surface area (TPSA) is 64.7 Å². The Kier molecular flexibility index (Phi) is 5.99. The summed E-state index contributed by atoms with van der Waals surface area (Å²) in [6.07, 6.45) is 1.76. The normalized spacial score (nSPS) is 16.2. The van der Waals surface area contributed by atoms with Gasteiger partial charge in [0.1, 0.15) is 43.3 Å². The van der Waals surface area contributed by atoms with Gasteiger partial charge in [-0.1, -0.05) is 0 Å². The lowest BCUT2D eigenvalue weighted by atomic mass is 10.0. The molecule has 3 N–H and O–H groups in total. The average Bonchev–Trinajstić information content (AvgIpc) is 2.72. The second-order valence-corrected chi connectivity index (χ2v) is 7.62. The predicted molar refractivity (Wildman–Crippen MR) is 107 cm³/mol. The number of quaternary nitrogens is 2. The highest BCUT2D eigenvalue weighted by molar-refractivity contribution is 5.41. The van der Waals surface area contributed by atoms with Gasteiger partial charge in [-0.05, 0) is 48.9 Å². The number of hydrogen-bond donors (Lipinski definition) is 2. The Balaban J connectivity index is 1.49. The van der Waals surface area contributed by atoms with Crippen LogP contribution in [0.4, 0.5) is 4.39 Å². The standard InChI is InChI=1S/C22H25FN4O2/c1-16-6-7-27-21(12-16)25-19(13-22(27)28)14-24-15-20(26-8-10-29-11-9-26)17-2-4-18(23)5-3-17/h2-7,12-13,20,24H,8-11,14-15H2,1H3/p+2/t20-/m1/s1. The third-order valence-electron chi connectivity index (χ3n) is 5.53. The molecule has 0 bridgehead atoms. The maximum Gasteiger partial charge on any atom is 0.258 e. The zero-order valence-corrected chi connectivity index (χ0v) is 16.6. The number of nitrogens with one attached hydrogen (secondary N) is 1. The molecule has 0 unspecified atom stereocenters. The first-order valence-electron chi connectivity index (χ1n) is 10.1. The van der Waals surface area contributed by atoms with Gasteiger partial charge in [-0.2, -0.15) is 0 Å². The lowest BCUT2D eigenvalue weighted by Gasteiger charge is -2.30.